The van der Waals surface area contributed by atoms with E-state index in [-0.39, 0.29) is 0 Å². The zero-order chi connectivity index (χ0) is 9.84. The number of halogens is 1. The Morgan fingerprint density at radius 3 is 2.69 bits per heavy atom. The monoisotopic (exact) mass is 200 g/mol. The van der Waals surface area contributed by atoms with Gasteiger partial charge in [0.25, 0.3) is 5.56 Å². The van der Waals surface area contributed by atoms with Crippen molar-refractivity contribution >= 4 is 17.6 Å². The fourth-order valence-corrected chi connectivity index (χ4v) is 0.947. The first-order chi connectivity index (χ1) is 6.11. The lowest BCUT2D eigenvalue weighted by Crippen LogP contribution is -2.20. The van der Waals surface area contributed by atoms with Gasteiger partial charge in [0.2, 0.25) is 0 Å². The molecule has 0 aliphatic heterocycles. The van der Waals surface area contributed by atoms with Gasteiger partial charge < -0.3 is 9.84 Å². The number of aliphatic carboxylic acids is 1. The minimum absolute atomic E-state index is 0.491. The predicted molar refractivity (Wildman–Crippen MR) is 49.1 cm³/mol. The van der Waals surface area contributed by atoms with E-state index >= 15 is 0 Å². The van der Waals surface area contributed by atoms with E-state index in [9.17, 15) is 4.79 Å². The molecule has 3 nitrogen and oxygen atoms in total. The Bertz CT molecular complexity index is 311. The molecule has 1 atom stereocenters. The molecule has 0 saturated heterocycles. The molecule has 0 aromatic heterocycles. The summed E-state index contributed by atoms with van der Waals surface area (Å²) in [5.74, 6) is -0.699. The zero-order valence-corrected chi connectivity index (χ0v) is 7.78. The maximum absolute atomic E-state index is 10.4. The van der Waals surface area contributed by atoms with E-state index in [1.165, 1.54) is 0 Å². The van der Waals surface area contributed by atoms with Crippen molar-refractivity contribution in [1.82, 2.24) is 0 Å². The Labute approximate surface area is 80.9 Å². The molecule has 0 bridgehead atoms. The summed E-state index contributed by atoms with van der Waals surface area (Å²) in [5, 5.41) is 8.48. The normalized spacial score (nSPS) is 12.2. The van der Waals surface area contributed by atoms with E-state index in [0.717, 1.165) is 5.56 Å². The van der Waals surface area contributed by atoms with Gasteiger partial charge in [-0.1, -0.05) is 29.8 Å². The Morgan fingerprint density at radius 2 is 2.15 bits per heavy atom. The molecule has 13 heavy (non-hydrogen) atoms. The number of carboxylic acid groups (broad SMARTS) is 1. The number of ether oxygens (including phenoxy) is 1. The highest BCUT2D eigenvalue weighted by molar-refractivity contribution is 6.28. The third-order valence-corrected chi connectivity index (χ3v) is 1.79. The van der Waals surface area contributed by atoms with Gasteiger partial charge in [0.1, 0.15) is 5.75 Å². The van der Waals surface area contributed by atoms with Crippen molar-refractivity contribution in [2.45, 2.75) is 12.5 Å². The molecule has 0 radical (unpaired) electrons. The van der Waals surface area contributed by atoms with Crippen LogP contribution in [0, 0.1) is 6.92 Å². The van der Waals surface area contributed by atoms with Crippen LogP contribution < -0.4 is 4.74 Å². The smallest absolute Gasteiger partial charge is 0.360 e. The number of benzene rings is 1. The van der Waals surface area contributed by atoms with Crippen molar-refractivity contribution < 1.29 is 14.6 Å². The largest absolute Gasteiger partial charge is 0.478 e. The van der Waals surface area contributed by atoms with Crippen LogP contribution in [0.4, 0.5) is 0 Å². The van der Waals surface area contributed by atoms with E-state index in [0.29, 0.717) is 5.75 Å². The average Bonchev–Trinajstić information content (AvgIpc) is 2.08. The van der Waals surface area contributed by atoms with Crippen molar-refractivity contribution in [3.8, 4) is 5.75 Å². The number of alkyl halides is 1. The minimum atomic E-state index is -1.33. The van der Waals surface area contributed by atoms with Crippen LogP contribution in [-0.4, -0.2) is 16.6 Å². The molecule has 0 spiro atoms. The van der Waals surface area contributed by atoms with Crippen LogP contribution in [0.15, 0.2) is 24.3 Å². The molecule has 1 aromatic rings. The fraction of sp³-hybridized carbons (Fsp3) is 0.222. The number of aryl methyl sites for hydroxylation is 1. The molecule has 0 heterocycles. The van der Waals surface area contributed by atoms with Crippen molar-refractivity contribution in [2.75, 3.05) is 0 Å². The van der Waals surface area contributed by atoms with Gasteiger partial charge in [-0.2, -0.15) is 0 Å². The van der Waals surface area contributed by atoms with Gasteiger partial charge in [-0.25, -0.2) is 4.79 Å². The number of hydrogen-bond donors (Lipinski definition) is 1. The Hall–Kier alpha value is -1.22. The first-order valence-electron chi connectivity index (χ1n) is 3.70. The maximum atomic E-state index is 10.4. The highest BCUT2D eigenvalue weighted by atomic mass is 35.5. The number of carbonyl (C=O) groups is 1. The fourth-order valence-electron chi connectivity index (χ4n) is 0.851. The van der Waals surface area contributed by atoms with E-state index in [1.54, 1.807) is 12.1 Å². The second kappa shape index (κ2) is 4.14. The summed E-state index contributed by atoms with van der Waals surface area (Å²) in [7, 11) is 0. The molecule has 0 amide bonds. The second-order valence-electron chi connectivity index (χ2n) is 2.54. The van der Waals surface area contributed by atoms with Crippen LogP contribution in [-0.2, 0) is 4.79 Å². The number of hydrogen-bond acceptors (Lipinski definition) is 2. The molecular formula is C9H9ClO3. The van der Waals surface area contributed by atoms with E-state index < -0.39 is 11.5 Å². The summed E-state index contributed by atoms with van der Waals surface area (Å²) < 4.78 is 4.97. The number of carboxylic acids is 1. The molecule has 4 heteroatoms. The summed E-state index contributed by atoms with van der Waals surface area (Å²) >= 11 is 5.40. The van der Waals surface area contributed by atoms with Gasteiger partial charge >= 0.3 is 5.97 Å². The topological polar surface area (TPSA) is 46.5 Å². The summed E-state index contributed by atoms with van der Waals surface area (Å²) in [6, 6.07) is 7.09. The van der Waals surface area contributed by atoms with Gasteiger partial charge in [-0.3, -0.25) is 0 Å². The Balaban J connectivity index is 2.74. The van der Waals surface area contributed by atoms with Crippen molar-refractivity contribution in [2.24, 2.45) is 0 Å². The molecule has 0 saturated carbocycles. The standard InChI is InChI=1S/C9H9ClO3/c1-6-4-2-3-5-7(6)13-8(10)9(11)12/h2-5,8H,1H3,(H,11,12). The van der Waals surface area contributed by atoms with Crippen LogP contribution in [0.25, 0.3) is 0 Å². The lowest BCUT2D eigenvalue weighted by atomic mass is 10.2. The SMILES string of the molecule is Cc1ccccc1OC(Cl)C(=O)O. The highest BCUT2D eigenvalue weighted by Crippen LogP contribution is 2.18. The van der Waals surface area contributed by atoms with E-state index in [4.69, 9.17) is 21.4 Å². The molecule has 0 aliphatic rings. The first-order valence-corrected chi connectivity index (χ1v) is 4.14. The summed E-state index contributed by atoms with van der Waals surface area (Å²) in [6.07, 6.45) is 0. The Morgan fingerprint density at radius 1 is 1.54 bits per heavy atom. The molecular weight excluding hydrogens is 192 g/mol. The average molecular weight is 201 g/mol. The molecule has 0 fully saturated rings. The molecule has 0 aliphatic carbocycles. The van der Waals surface area contributed by atoms with Crippen LogP contribution >= 0.6 is 11.6 Å². The summed E-state index contributed by atoms with van der Waals surface area (Å²) in [4.78, 5) is 10.4. The van der Waals surface area contributed by atoms with Crippen molar-refractivity contribution in [3.05, 3.63) is 29.8 Å². The minimum Gasteiger partial charge on any atom is -0.478 e. The van der Waals surface area contributed by atoms with E-state index in [1.807, 2.05) is 19.1 Å². The van der Waals surface area contributed by atoms with Gasteiger partial charge in [0, 0.05) is 0 Å². The molecule has 1 unspecified atom stereocenters. The summed E-state index contributed by atoms with van der Waals surface area (Å²) in [5.41, 5.74) is -0.476. The van der Waals surface area contributed by atoms with Crippen LogP contribution in [0.5, 0.6) is 5.75 Å². The van der Waals surface area contributed by atoms with Crippen LogP contribution in [0.3, 0.4) is 0 Å². The highest BCUT2D eigenvalue weighted by Gasteiger charge is 2.15. The zero-order valence-electron chi connectivity index (χ0n) is 7.03. The van der Waals surface area contributed by atoms with Gasteiger partial charge in [-0.05, 0) is 18.6 Å². The van der Waals surface area contributed by atoms with Crippen molar-refractivity contribution in [1.29, 1.82) is 0 Å². The van der Waals surface area contributed by atoms with E-state index in [2.05, 4.69) is 0 Å². The maximum Gasteiger partial charge on any atom is 0.360 e. The quantitative estimate of drug-likeness (QED) is 0.760. The molecule has 1 rings (SSSR count). The number of para-hydroxylation sites is 1. The summed E-state index contributed by atoms with van der Waals surface area (Å²) in [6.45, 7) is 1.82. The van der Waals surface area contributed by atoms with Crippen LogP contribution in [0.2, 0.25) is 0 Å². The third kappa shape index (κ3) is 2.63. The number of rotatable bonds is 3. The first kappa shape index (κ1) is 9.86. The molecule has 1 N–H and O–H groups in total. The van der Waals surface area contributed by atoms with Crippen molar-refractivity contribution in [3.63, 3.8) is 0 Å². The predicted octanol–water partition coefficient (Wildman–Crippen LogP) is 2.02. The lowest BCUT2D eigenvalue weighted by Gasteiger charge is -2.10. The molecule has 1 aromatic carbocycles. The Kier molecular flexibility index (Phi) is 3.14. The third-order valence-electron chi connectivity index (χ3n) is 1.52. The molecule has 70 valence electrons. The second-order valence-corrected chi connectivity index (χ2v) is 2.93. The van der Waals surface area contributed by atoms with Crippen LogP contribution in [0.1, 0.15) is 5.56 Å². The lowest BCUT2D eigenvalue weighted by molar-refractivity contribution is -0.141. The van der Waals surface area contributed by atoms with Gasteiger partial charge in [0.15, 0.2) is 0 Å². The van der Waals surface area contributed by atoms with Gasteiger partial charge in [-0.15, -0.1) is 0 Å². The van der Waals surface area contributed by atoms with Gasteiger partial charge in [0.05, 0.1) is 0 Å².